The second kappa shape index (κ2) is 5.33. The van der Waals surface area contributed by atoms with E-state index in [9.17, 15) is 0 Å². The van der Waals surface area contributed by atoms with E-state index in [1.54, 1.807) is 0 Å². The molecular formula is C12H20BrN3S. The van der Waals surface area contributed by atoms with Crippen molar-refractivity contribution in [2.24, 2.45) is 12.8 Å². The first-order valence-corrected chi connectivity index (χ1v) is 7.94. The van der Waals surface area contributed by atoms with Gasteiger partial charge in [0.1, 0.15) is 0 Å². The largest absolute Gasteiger partial charge is 0.329 e. The third-order valence-electron chi connectivity index (χ3n) is 3.55. The zero-order valence-electron chi connectivity index (χ0n) is 10.5. The molecular weight excluding hydrogens is 298 g/mol. The minimum Gasteiger partial charge on any atom is -0.329 e. The minimum atomic E-state index is 0.237. The molecule has 0 amide bonds. The van der Waals surface area contributed by atoms with E-state index in [-0.39, 0.29) is 4.75 Å². The Bertz CT molecular complexity index is 397. The summed E-state index contributed by atoms with van der Waals surface area (Å²) < 4.78 is 3.43. The molecule has 2 rings (SSSR count). The number of hydrogen-bond acceptors (Lipinski definition) is 3. The zero-order valence-corrected chi connectivity index (χ0v) is 12.9. The number of nitrogens with two attached hydrogens (primary N) is 1. The van der Waals surface area contributed by atoms with Crippen LogP contribution in [0.25, 0.3) is 0 Å². The lowest BCUT2D eigenvalue weighted by Crippen LogP contribution is -2.35. The molecule has 2 N–H and O–H groups in total. The summed E-state index contributed by atoms with van der Waals surface area (Å²) in [4.78, 5) is 0. The first-order chi connectivity index (χ1) is 8.12. The Morgan fingerprint density at radius 2 is 2.35 bits per heavy atom. The van der Waals surface area contributed by atoms with Gasteiger partial charge in [0.05, 0.1) is 15.9 Å². The summed E-state index contributed by atoms with van der Waals surface area (Å²) in [6.45, 7) is 2.90. The molecule has 0 saturated carbocycles. The molecule has 3 nitrogen and oxygen atoms in total. The van der Waals surface area contributed by atoms with Gasteiger partial charge in [-0.15, -0.1) is 0 Å². The van der Waals surface area contributed by atoms with Gasteiger partial charge in [-0.2, -0.15) is 16.9 Å². The Hall–Kier alpha value is -0.000000000000000111. The van der Waals surface area contributed by atoms with Gasteiger partial charge in [0.25, 0.3) is 0 Å². The molecule has 1 unspecified atom stereocenters. The van der Waals surface area contributed by atoms with Crippen LogP contribution in [-0.4, -0.2) is 26.8 Å². The van der Waals surface area contributed by atoms with Gasteiger partial charge in [-0.25, -0.2) is 0 Å². The van der Waals surface area contributed by atoms with E-state index in [2.05, 4.69) is 28.0 Å². The van der Waals surface area contributed by atoms with Gasteiger partial charge in [0.15, 0.2) is 0 Å². The molecule has 2 heterocycles. The van der Waals surface area contributed by atoms with Crippen LogP contribution < -0.4 is 5.73 Å². The molecule has 0 radical (unpaired) electrons. The highest BCUT2D eigenvalue weighted by Gasteiger charge is 2.35. The second-order valence-corrected chi connectivity index (χ2v) is 7.06. The molecule has 1 aromatic heterocycles. The lowest BCUT2D eigenvalue weighted by molar-refractivity contribution is 0.539. The standard InChI is InChI=1S/C12H20BrN3S/c1-3-9-11(13)10(16(2)15-9)7-12(8-14)5-4-6-17-12/h3-8,14H2,1-2H3. The fourth-order valence-electron chi connectivity index (χ4n) is 2.44. The van der Waals surface area contributed by atoms with Crippen LogP contribution in [0.1, 0.15) is 31.2 Å². The van der Waals surface area contributed by atoms with E-state index in [4.69, 9.17) is 5.73 Å². The fraction of sp³-hybridized carbons (Fsp3) is 0.750. The van der Waals surface area contributed by atoms with E-state index in [0.29, 0.717) is 0 Å². The summed E-state index contributed by atoms with van der Waals surface area (Å²) in [6, 6.07) is 0. The number of thioether (sulfide) groups is 1. The monoisotopic (exact) mass is 317 g/mol. The quantitative estimate of drug-likeness (QED) is 0.928. The van der Waals surface area contributed by atoms with Gasteiger partial charge < -0.3 is 5.73 Å². The summed E-state index contributed by atoms with van der Waals surface area (Å²) in [6.07, 6.45) is 4.51. The molecule has 5 heteroatoms. The third kappa shape index (κ3) is 2.56. The van der Waals surface area contributed by atoms with Gasteiger partial charge >= 0.3 is 0 Å². The fourth-order valence-corrected chi connectivity index (χ4v) is 4.57. The summed E-state index contributed by atoms with van der Waals surface area (Å²) in [7, 11) is 2.03. The van der Waals surface area contributed by atoms with Crippen LogP contribution in [0.4, 0.5) is 0 Å². The van der Waals surface area contributed by atoms with Crippen molar-refractivity contribution < 1.29 is 0 Å². The van der Waals surface area contributed by atoms with E-state index < -0.39 is 0 Å². The maximum absolute atomic E-state index is 5.99. The summed E-state index contributed by atoms with van der Waals surface area (Å²) in [5.41, 5.74) is 8.43. The smallest absolute Gasteiger partial charge is 0.0766 e. The number of hydrogen-bond donors (Lipinski definition) is 1. The predicted molar refractivity (Wildman–Crippen MR) is 77.5 cm³/mol. The van der Waals surface area contributed by atoms with Crippen molar-refractivity contribution in [3.05, 3.63) is 15.9 Å². The van der Waals surface area contributed by atoms with E-state index in [0.717, 1.165) is 25.1 Å². The van der Waals surface area contributed by atoms with Gasteiger partial charge in [-0.1, -0.05) is 6.92 Å². The van der Waals surface area contributed by atoms with Crippen LogP contribution in [0.2, 0.25) is 0 Å². The van der Waals surface area contributed by atoms with Crippen molar-refractivity contribution in [1.29, 1.82) is 0 Å². The topological polar surface area (TPSA) is 43.8 Å². The van der Waals surface area contributed by atoms with Gasteiger partial charge in [0, 0.05) is 24.8 Å². The molecule has 1 atom stereocenters. The maximum Gasteiger partial charge on any atom is 0.0766 e. The van der Waals surface area contributed by atoms with E-state index in [1.165, 1.54) is 28.8 Å². The Morgan fingerprint density at radius 1 is 1.59 bits per heavy atom. The lowest BCUT2D eigenvalue weighted by Gasteiger charge is -2.26. The van der Waals surface area contributed by atoms with E-state index in [1.807, 2.05) is 23.5 Å². The number of rotatable bonds is 4. The first-order valence-electron chi connectivity index (χ1n) is 6.16. The molecule has 1 saturated heterocycles. The Morgan fingerprint density at radius 3 is 2.82 bits per heavy atom. The Balaban J connectivity index is 2.25. The van der Waals surface area contributed by atoms with Gasteiger partial charge in [-0.3, -0.25) is 4.68 Å². The summed E-state index contributed by atoms with van der Waals surface area (Å²) >= 11 is 5.72. The molecule has 1 aliphatic heterocycles. The number of nitrogens with zero attached hydrogens (tertiary/aromatic N) is 2. The molecule has 0 bridgehead atoms. The van der Waals surface area contributed by atoms with Crippen molar-refractivity contribution in [1.82, 2.24) is 9.78 Å². The van der Waals surface area contributed by atoms with Crippen LogP contribution in [0.3, 0.4) is 0 Å². The average molecular weight is 318 g/mol. The lowest BCUT2D eigenvalue weighted by atomic mass is 9.97. The third-order valence-corrected chi connectivity index (χ3v) is 6.09. The van der Waals surface area contributed by atoms with Crippen molar-refractivity contribution in [3.8, 4) is 0 Å². The van der Waals surface area contributed by atoms with Crippen LogP contribution in [0.5, 0.6) is 0 Å². The minimum absolute atomic E-state index is 0.237. The number of halogens is 1. The first kappa shape index (κ1) is 13.4. The normalized spacial score (nSPS) is 24.5. The molecule has 1 fully saturated rings. The molecule has 0 spiro atoms. The van der Waals surface area contributed by atoms with Gasteiger partial charge in [0.2, 0.25) is 0 Å². The van der Waals surface area contributed by atoms with Crippen molar-refractivity contribution in [2.45, 2.75) is 37.4 Å². The van der Waals surface area contributed by atoms with E-state index >= 15 is 0 Å². The second-order valence-electron chi connectivity index (χ2n) is 4.70. The van der Waals surface area contributed by atoms with Crippen molar-refractivity contribution in [2.75, 3.05) is 12.3 Å². The highest BCUT2D eigenvalue weighted by atomic mass is 79.9. The average Bonchev–Trinajstić information content (AvgIpc) is 2.90. The highest BCUT2D eigenvalue weighted by Crippen LogP contribution is 2.41. The van der Waals surface area contributed by atoms with Crippen LogP contribution in [-0.2, 0) is 19.9 Å². The summed E-state index contributed by atoms with van der Waals surface area (Å²) in [5, 5.41) is 4.56. The number of aryl methyl sites for hydroxylation is 2. The van der Waals surface area contributed by atoms with Crippen LogP contribution in [0.15, 0.2) is 4.47 Å². The molecule has 96 valence electrons. The zero-order chi connectivity index (χ0) is 12.5. The predicted octanol–water partition coefficient (Wildman–Crippen LogP) is 2.51. The molecule has 0 aromatic carbocycles. The van der Waals surface area contributed by atoms with Crippen molar-refractivity contribution >= 4 is 27.7 Å². The SMILES string of the molecule is CCc1nn(C)c(CC2(CN)CCCS2)c1Br. The number of aromatic nitrogens is 2. The van der Waals surface area contributed by atoms with Crippen LogP contribution in [0, 0.1) is 0 Å². The highest BCUT2D eigenvalue weighted by molar-refractivity contribution is 9.10. The molecule has 17 heavy (non-hydrogen) atoms. The van der Waals surface area contributed by atoms with Gasteiger partial charge in [-0.05, 0) is 40.9 Å². The molecule has 1 aromatic rings. The Labute approximate surface area is 116 Å². The molecule has 0 aliphatic carbocycles. The summed E-state index contributed by atoms with van der Waals surface area (Å²) in [5.74, 6) is 1.24. The maximum atomic E-state index is 5.99. The van der Waals surface area contributed by atoms with Crippen molar-refractivity contribution in [3.63, 3.8) is 0 Å². The van der Waals surface area contributed by atoms with Crippen LogP contribution >= 0.6 is 27.7 Å². The molecule has 1 aliphatic rings. The Kier molecular flexibility index (Phi) is 4.21.